The standard InChI is InChI=1S/C24H25N3O2/c1-17-14-20(18-8-10-21(29-2)11-9-18)15-23(26-17)19-6-5-13-27(16-19)24(28)22-7-3-4-12-25-22/h3-4,7-12,14-15,19H,5-6,13,16H2,1-2H3/t19-/m0/s1. The van der Waals surface area contributed by atoms with Crippen molar-refractivity contribution in [2.75, 3.05) is 20.2 Å². The maximum atomic E-state index is 12.8. The predicted octanol–water partition coefficient (Wildman–Crippen LogP) is 4.48. The number of rotatable bonds is 4. The topological polar surface area (TPSA) is 55.3 Å². The molecule has 0 saturated carbocycles. The summed E-state index contributed by atoms with van der Waals surface area (Å²) >= 11 is 0. The fourth-order valence-electron chi connectivity index (χ4n) is 3.91. The molecule has 5 heteroatoms. The Bertz CT molecular complexity index is 987. The number of benzene rings is 1. The number of likely N-dealkylation sites (tertiary alicyclic amines) is 1. The Kier molecular flexibility index (Phi) is 5.56. The molecule has 1 aliphatic heterocycles. The summed E-state index contributed by atoms with van der Waals surface area (Å²) in [5.41, 5.74) is 4.82. The third-order valence-electron chi connectivity index (χ3n) is 5.41. The number of pyridine rings is 2. The van der Waals surface area contributed by atoms with Gasteiger partial charge in [-0.3, -0.25) is 14.8 Å². The van der Waals surface area contributed by atoms with Gasteiger partial charge in [0.25, 0.3) is 5.91 Å². The van der Waals surface area contributed by atoms with E-state index < -0.39 is 0 Å². The summed E-state index contributed by atoms with van der Waals surface area (Å²) in [4.78, 5) is 23.8. The molecule has 1 fully saturated rings. The van der Waals surface area contributed by atoms with Gasteiger partial charge in [-0.1, -0.05) is 18.2 Å². The van der Waals surface area contributed by atoms with Gasteiger partial charge in [0.2, 0.25) is 0 Å². The van der Waals surface area contributed by atoms with E-state index in [1.54, 1.807) is 19.4 Å². The minimum Gasteiger partial charge on any atom is -0.497 e. The Morgan fingerprint density at radius 1 is 1.10 bits per heavy atom. The Hall–Kier alpha value is -3.21. The number of amides is 1. The molecule has 1 aliphatic rings. The van der Waals surface area contributed by atoms with Crippen molar-refractivity contribution in [3.05, 3.63) is 77.9 Å². The summed E-state index contributed by atoms with van der Waals surface area (Å²) in [6, 6.07) is 17.8. The largest absolute Gasteiger partial charge is 0.497 e. The zero-order valence-corrected chi connectivity index (χ0v) is 16.8. The van der Waals surface area contributed by atoms with E-state index in [-0.39, 0.29) is 11.8 Å². The van der Waals surface area contributed by atoms with Gasteiger partial charge >= 0.3 is 0 Å². The van der Waals surface area contributed by atoms with E-state index in [9.17, 15) is 4.79 Å². The first kappa shape index (κ1) is 19.1. The van der Waals surface area contributed by atoms with Gasteiger partial charge in [-0.2, -0.15) is 0 Å². The number of ether oxygens (including phenoxy) is 1. The van der Waals surface area contributed by atoms with Gasteiger partial charge in [0.15, 0.2) is 0 Å². The average Bonchev–Trinajstić information content (AvgIpc) is 2.79. The third kappa shape index (κ3) is 4.29. The molecule has 4 rings (SSSR count). The van der Waals surface area contributed by atoms with Crippen LogP contribution in [0.5, 0.6) is 5.75 Å². The van der Waals surface area contributed by atoms with E-state index in [1.807, 2.05) is 36.1 Å². The lowest BCUT2D eigenvalue weighted by Crippen LogP contribution is -2.39. The Balaban J connectivity index is 1.57. The van der Waals surface area contributed by atoms with Crippen LogP contribution in [0, 0.1) is 6.92 Å². The second-order valence-electron chi connectivity index (χ2n) is 7.46. The van der Waals surface area contributed by atoms with E-state index in [4.69, 9.17) is 9.72 Å². The second kappa shape index (κ2) is 8.43. The van der Waals surface area contributed by atoms with E-state index in [1.165, 1.54) is 0 Å². The number of hydrogen-bond donors (Lipinski definition) is 0. The minimum atomic E-state index is -0.00155. The van der Waals surface area contributed by atoms with Crippen LogP contribution in [0.3, 0.4) is 0 Å². The molecular weight excluding hydrogens is 362 g/mol. The molecule has 1 amide bonds. The van der Waals surface area contributed by atoms with Crippen molar-refractivity contribution in [2.24, 2.45) is 0 Å². The molecule has 148 valence electrons. The fraction of sp³-hybridized carbons (Fsp3) is 0.292. The molecule has 5 nitrogen and oxygen atoms in total. The van der Waals surface area contributed by atoms with Crippen LogP contribution in [0.4, 0.5) is 0 Å². The number of carbonyl (C=O) groups is 1. The summed E-state index contributed by atoms with van der Waals surface area (Å²) in [7, 11) is 1.67. The molecule has 29 heavy (non-hydrogen) atoms. The zero-order chi connectivity index (χ0) is 20.2. The van der Waals surface area contributed by atoms with E-state index in [0.717, 1.165) is 47.7 Å². The van der Waals surface area contributed by atoms with Gasteiger partial charge in [-0.25, -0.2) is 0 Å². The quantitative estimate of drug-likeness (QED) is 0.662. The Morgan fingerprint density at radius 3 is 2.66 bits per heavy atom. The lowest BCUT2D eigenvalue weighted by atomic mass is 9.92. The van der Waals surface area contributed by atoms with Crippen LogP contribution in [0.2, 0.25) is 0 Å². The number of hydrogen-bond acceptors (Lipinski definition) is 4. The SMILES string of the molecule is COc1ccc(-c2cc(C)nc([C@H]3CCCN(C(=O)c4ccccn4)C3)c2)cc1. The molecule has 0 spiro atoms. The predicted molar refractivity (Wildman–Crippen MR) is 113 cm³/mol. The number of piperidine rings is 1. The van der Waals surface area contributed by atoms with E-state index in [0.29, 0.717) is 12.2 Å². The maximum Gasteiger partial charge on any atom is 0.272 e. The molecule has 2 aromatic heterocycles. The molecule has 1 aromatic carbocycles. The highest BCUT2D eigenvalue weighted by Gasteiger charge is 2.27. The van der Waals surface area contributed by atoms with Crippen LogP contribution in [0.1, 0.15) is 40.6 Å². The second-order valence-corrected chi connectivity index (χ2v) is 7.46. The highest BCUT2D eigenvalue weighted by molar-refractivity contribution is 5.92. The molecule has 0 unspecified atom stereocenters. The monoisotopic (exact) mass is 387 g/mol. The van der Waals surface area contributed by atoms with Crippen LogP contribution < -0.4 is 4.74 Å². The molecule has 0 N–H and O–H groups in total. The highest BCUT2D eigenvalue weighted by Crippen LogP contribution is 2.30. The lowest BCUT2D eigenvalue weighted by Gasteiger charge is -2.32. The summed E-state index contributed by atoms with van der Waals surface area (Å²) in [6.45, 7) is 3.47. The Labute approximate surface area is 171 Å². The van der Waals surface area contributed by atoms with Crippen LogP contribution >= 0.6 is 0 Å². The van der Waals surface area contributed by atoms with Crippen molar-refractivity contribution in [3.63, 3.8) is 0 Å². The van der Waals surface area contributed by atoms with Gasteiger partial charge in [-0.15, -0.1) is 0 Å². The number of nitrogens with zero attached hydrogens (tertiary/aromatic N) is 3. The van der Waals surface area contributed by atoms with E-state index in [2.05, 4.69) is 29.2 Å². The molecule has 0 bridgehead atoms. The lowest BCUT2D eigenvalue weighted by molar-refractivity contribution is 0.0700. The summed E-state index contributed by atoms with van der Waals surface area (Å²) in [5, 5.41) is 0. The summed E-state index contributed by atoms with van der Waals surface area (Å²) in [6.07, 6.45) is 3.67. The number of aryl methyl sites for hydroxylation is 1. The highest BCUT2D eigenvalue weighted by atomic mass is 16.5. The molecule has 1 saturated heterocycles. The van der Waals surface area contributed by atoms with Gasteiger partial charge in [0, 0.05) is 36.6 Å². The van der Waals surface area contributed by atoms with E-state index >= 15 is 0 Å². The molecule has 0 radical (unpaired) electrons. The molecule has 3 heterocycles. The molecule has 1 atom stereocenters. The first-order valence-corrected chi connectivity index (χ1v) is 9.97. The first-order chi connectivity index (χ1) is 14.1. The maximum absolute atomic E-state index is 12.8. The number of carbonyl (C=O) groups excluding carboxylic acids is 1. The van der Waals surface area contributed by atoms with Crippen molar-refractivity contribution in [1.29, 1.82) is 0 Å². The number of aromatic nitrogens is 2. The fourth-order valence-corrected chi connectivity index (χ4v) is 3.91. The first-order valence-electron chi connectivity index (χ1n) is 9.97. The van der Waals surface area contributed by atoms with Crippen molar-refractivity contribution in [2.45, 2.75) is 25.7 Å². The van der Waals surface area contributed by atoms with Gasteiger partial charge in [-0.05, 0) is 67.3 Å². The molecule has 0 aliphatic carbocycles. The normalized spacial score (nSPS) is 16.5. The van der Waals surface area contributed by atoms with Crippen LogP contribution in [-0.4, -0.2) is 41.0 Å². The molecular formula is C24H25N3O2. The van der Waals surface area contributed by atoms with Crippen LogP contribution in [0.25, 0.3) is 11.1 Å². The summed E-state index contributed by atoms with van der Waals surface area (Å²) in [5.74, 6) is 1.07. The summed E-state index contributed by atoms with van der Waals surface area (Å²) < 4.78 is 5.26. The van der Waals surface area contributed by atoms with Gasteiger partial charge in [0.05, 0.1) is 7.11 Å². The van der Waals surface area contributed by atoms with Crippen molar-refractivity contribution >= 4 is 5.91 Å². The minimum absolute atomic E-state index is 0.00155. The molecule has 3 aromatic rings. The van der Waals surface area contributed by atoms with Gasteiger partial charge < -0.3 is 9.64 Å². The zero-order valence-electron chi connectivity index (χ0n) is 16.8. The van der Waals surface area contributed by atoms with Crippen LogP contribution in [-0.2, 0) is 0 Å². The van der Waals surface area contributed by atoms with Crippen molar-refractivity contribution < 1.29 is 9.53 Å². The van der Waals surface area contributed by atoms with Crippen LogP contribution in [0.15, 0.2) is 60.8 Å². The average molecular weight is 387 g/mol. The van der Waals surface area contributed by atoms with Gasteiger partial charge in [0.1, 0.15) is 11.4 Å². The van der Waals surface area contributed by atoms with Crippen molar-refractivity contribution in [1.82, 2.24) is 14.9 Å². The third-order valence-corrected chi connectivity index (χ3v) is 5.41. The smallest absolute Gasteiger partial charge is 0.272 e. The van der Waals surface area contributed by atoms with Crippen molar-refractivity contribution in [3.8, 4) is 16.9 Å². The number of methoxy groups -OCH3 is 1. The Morgan fingerprint density at radius 2 is 1.93 bits per heavy atom.